The van der Waals surface area contributed by atoms with E-state index in [0.29, 0.717) is 5.56 Å². The average Bonchev–Trinajstić information content (AvgIpc) is 2.49. The van der Waals surface area contributed by atoms with Crippen molar-refractivity contribution in [3.8, 4) is 0 Å². The summed E-state index contributed by atoms with van der Waals surface area (Å²) in [5.74, 6) is -0.359. The first-order chi connectivity index (χ1) is 10.1. The highest BCUT2D eigenvalue weighted by atomic mass is 16.5. The first-order valence-electron chi connectivity index (χ1n) is 6.86. The maximum Gasteiger partial charge on any atom is 0.339 e. The molecule has 21 heavy (non-hydrogen) atoms. The third kappa shape index (κ3) is 4.13. The van der Waals surface area contributed by atoms with Crippen LogP contribution in [0.25, 0.3) is 0 Å². The van der Waals surface area contributed by atoms with Gasteiger partial charge in [0.25, 0.3) is 0 Å². The molecule has 110 valence electrons. The highest BCUT2D eigenvalue weighted by molar-refractivity contribution is 5.88. The molecule has 0 bridgehead atoms. The number of carbonyl (C=O) groups excluding carboxylic acids is 1. The minimum atomic E-state index is -0.359. The number of esters is 1. The quantitative estimate of drug-likeness (QED) is 0.792. The molecule has 0 fully saturated rings. The average molecular weight is 284 g/mol. The summed E-state index contributed by atoms with van der Waals surface area (Å²) in [6, 6.07) is 12.0. The lowest BCUT2D eigenvalue weighted by Crippen LogP contribution is -2.18. The number of aromatic nitrogens is 1. The number of ether oxygens (including phenoxy) is 1. The Kier molecular flexibility index (Phi) is 5.06. The van der Waals surface area contributed by atoms with Crippen LogP contribution in [0.4, 0.5) is 0 Å². The lowest BCUT2D eigenvalue weighted by Gasteiger charge is -2.17. The fourth-order valence-corrected chi connectivity index (χ4v) is 2.17. The van der Waals surface area contributed by atoms with E-state index in [1.165, 1.54) is 18.2 Å². The standard InChI is InChI=1S/C17H20N2O2/c1-13-6-4-5-7-15(13)11-19(2)12-16-9-8-14(10-18-16)17(20)21-3/h4-10H,11-12H2,1-3H3. The molecule has 0 aliphatic carbocycles. The molecule has 2 rings (SSSR count). The van der Waals surface area contributed by atoms with Gasteiger partial charge < -0.3 is 4.74 Å². The van der Waals surface area contributed by atoms with Gasteiger partial charge in [-0.05, 0) is 37.2 Å². The second kappa shape index (κ2) is 6.99. The number of pyridine rings is 1. The summed E-state index contributed by atoms with van der Waals surface area (Å²) in [4.78, 5) is 17.9. The van der Waals surface area contributed by atoms with Crippen molar-refractivity contribution in [3.05, 3.63) is 65.0 Å². The Bertz CT molecular complexity index is 608. The fraction of sp³-hybridized carbons (Fsp3) is 0.294. The van der Waals surface area contributed by atoms with Crippen molar-refractivity contribution in [1.29, 1.82) is 0 Å². The second-order valence-electron chi connectivity index (χ2n) is 5.13. The molecular formula is C17H20N2O2. The monoisotopic (exact) mass is 284 g/mol. The van der Waals surface area contributed by atoms with Crippen LogP contribution in [0, 0.1) is 6.92 Å². The first-order valence-corrected chi connectivity index (χ1v) is 6.86. The number of methoxy groups -OCH3 is 1. The van der Waals surface area contributed by atoms with Crippen LogP contribution in [-0.2, 0) is 17.8 Å². The molecule has 4 heteroatoms. The molecule has 0 atom stereocenters. The number of hydrogen-bond acceptors (Lipinski definition) is 4. The van der Waals surface area contributed by atoms with Crippen LogP contribution in [0.3, 0.4) is 0 Å². The number of aryl methyl sites for hydroxylation is 1. The summed E-state index contributed by atoms with van der Waals surface area (Å²) in [5.41, 5.74) is 4.01. The van der Waals surface area contributed by atoms with Crippen molar-refractivity contribution in [3.63, 3.8) is 0 Å². The van der Waals surface area contributed by atoms with E-state index in [0.717, 1.165) is 18.8 Å². The van der Waals surface area contributed by atoms with Gasteiger partial charge in [0.1, 0.15) is 0 Å². The van der Waals surface area contributed by atoms with Crippen LogP contribution >= 0.6 is 0 Å². The maximum absolute atomic E-state index is 11.4. The molecule has 1 aromatic carbocycles. The predicted octanol–water partition coefficient (Wildman–Crippen LogP) is 2.81. The zero-order chi connectivity index (χ0) is 15.2. The first kappa shape index (κ1) is 15.2. The van der Waals surface area contributed by atoms with Crippen molar-refractivity contribution in [1.82, 2.24) is 9.88 Å². The van der Waals surface area contributed by atoms with Gasteiger partial charge in [-0.1, -0.05) is 24.3 Å². The van der Waals surface area contributed by atoms with E-state index in [1.807, 2.05) is 12.1 Å². The van der Waals surface area contributed by atoms with Crippen LogP contribution in [0.2, 0.25) is 0 Å². The van der Waals surface area contributed by atoms with E-state index < -0.39 is 0 Å². The molecule has 0 amide bonds. The molecule has 0 N–H and O–H groups in total. The van der Waals surface area contributed by atoms with Crippen LogP contribution in [0.1, 0.15) is 27.2 Å². The Morgan fingerprint density at radius 2 is 1.95 bits per heavy atom. The minimum absolute atomic E-state index is 0.359. The van der Waals surface area contributed by atoms with E-state index in [-0.39, 0.29) is 5.97 Å². The van der Waals surface area contributed by atoms with Crippen molar-refractivity contribution < 1.29 is 9.53 Å². The molecule has 2 aromatic rings. The van der Waals surface area contributed by atoms with Gasteiger partial charge in [-0.15, -0.1) is 0 Å². The summed E-state index contributed by atoms with van der Waals surface area (Å²) in [7, 11) is 3.43. The number of carbonyl (C=O) groups is 1. The highest BCUT2D eigenvalue weighted by Crippen LogP contribution is 2.11. The third-order valence-corrected chi connectivity index (χ3v) is 3.38. The molecule has 0 saturated carbocycles. The topological polar surface area (TPSA) is 42.4 Å². The van der Waals surface area contributed by atoms with E-state index in [2.05, 4.69) is 46.8 Å². The van der Waals surface area contributed by atoms with Gasteiger partial charge in [0, 0.05) is 19.3 Å². The van der Waals surface area contributed by atoms with Crippen molar-refractivity contribution >= 4 is 5.97 Å². The Hall–Kier alpha value is -2.20. The Balaban J connectivity index is 1.98. The SMILES string of the molecule is COC(=O)c1ccc(CN(C)Cc2ccccc2C)nc1. The predicted molar refractivity (Wildman–Crippen MR) is 81.9 cm³/mol. The van der Waals surface area contributed by atoms with E-state index >= 15 is 0 Å². The van der Waals surface area contributed by atoms with Crippen molar-refractivity contribution in [2.45, 2.75) is 20.0 Å². The van der Waals surface area contributed by atoms with Gasteiger partial charge >= 0.3 is 5.97 Å². The molecule has 0 unspecified atom stereocenters. The van der Waals surface area contributed by atoms with E-state index in [4.69, 9.17) is 0 Å². The molecule has 0 saturated heterocycles. The number of nitrogens with zero attached hydrogens (tertiary/aromatic N) is 2. The molecule has 0 aliphatic rings. The van der Waals surface area contributed by atoms with E-state index in [9.17, 15) is 4.79 Å². The summed E-state index contributed by atoms with van der Waals surface area (Å²) in [6.07, 6.45) is 1.56. The summed E-state index contributed by atoms with van der Waals surface area (Å²) in [5, 5.41) is 0. The van der Waals surface area contributed by atoms with Gasteiger partial charge in [-0.3, -0.25) is 9.88 Å². The lowest BCUT2D eigenvalue weighted by atomic mass is 10.1. The summed E-state index contributed by atoms with van der Waals surface area (Å²) < 4.78 is 4.66. The molecular weight excluding hydrogens is 264 g/mol. The minimum Gasteiger partial charge on any atom is -0.465 e. The Morgan fingerprint density at radius 1 is 1.19 bits per heavy atom. The summed E-state index contributed by atoms with van der Waals surface area (Å²) >= 11 is 0. The van der Waals surface area contributed by atoms with Gasteiger partial charge in [-0.25, -0.2) is 4.79 Å². The van der Waals surface area contributed by atoms with Crippen molar-refractivity contribution in [2.75, 3.05) is 14.2 Å². The normalized spacial score (nSPS) is 10.7. The Labute approximate surface area is 125 Å². The maximum atomic E-state index is 11.4. The summed E-state index contributed by atoms with van der Waals surface area (Å²) in [6.45, 7) is 3.72. The smallest absolute Gasteiger partial charge is 0.339 e. The fourth-order valence-electron chi connectivity index (χ4n) is 2.17. The largest absolute Gasteiger partial charge is 0.465 e. The molecule has 4 nitrogen and oxygen atoms in total. The molecule has 0 spiro atoms. The molecule has 0 aliphatic heterocycles. The van der Waals surface area contributed by atoms with Gasteiger partial charge in [-0.2, -0.15) is 0 Å². The van der Waals surface area contributed by atoms with Gasteiger partial charge in [0.2, 0.25) is 0 Å². The molecule has 0 radical (unpaired) electrons. The lowest BCUT2D eigenvalue weighted by molar-refractivity contribution is 0.0600. The van der Waals surface area contributed by atoms with Gasteiger partial charge in [0.15, 0.2) is 0 Å². The second-order valence-corrected chi connectivity index (χ2v) is 5.13. The zero-order valence-electron chi connectivity index (χ0n) is 12.7. The Morgan fingerprint density at radius 3 is 2.57 bits per heavy atom. The van der Waals surface area contributed by atoms with Crippen LogP contribution < -0.4 is 0 Å². The van der Waals surface area contributed by atoms with E-state index in [1.54, 1.807) is 12.3 Å². The highest BCUT2D eigenvalue weighted by Gasteiger charge is 2.08. The van der Waals surface area contributed by atoms with Crippen LogP contribution in [-0.4, -0.2) is 30.0 Å². The van der Waals surface area contributed by atoms with Gasteiger partial charge in [0.05, 0.1) is 18.4 Å². The number of rotatable bonds is 5. The zero-order valence-corrected chi connectivity index (χ0v) is 12.7. The molecule has 1 aromatic heterocycles. The number of benzene rings is 1. The molecule has 1 heterocycles. The number of hydrogen-bond donors (Lipinski definition) is 0. The third-order valence-electron chi connectivity index (χ3n) is 3.38. The van der Waals surface area contributed by atoms with Crippen LogP contribution in [0.15, 0.2) is 42.6 Å². The van der Waals surface area contributed by atoms with Crippen LogP contribution in [0.5, 0.6) is 0 Å². The van der Waals surface area contributed by atoms with Crippen molar-refractivity contribution in [2.24, 2.45) is 0 Å².